The summed E-state index contributed by atoms with van der Waals surface area (Å²) in [6.07, 6.45) is 13.1. The molecular formula is C30H39N7O3. The number of rotatable bonds is 5. The normalized spacial score (nSPS) is 23.8. The number of fused-ring (bicyclic) bond motifs is 1. The van der Waals surface area contributed by atoms with Crippen LogP contribution in [0.4, 0.5) is 16.2 Å². The van der Waals surface area contributed by atoms with Gasteiger partial charge in [-0.3, -0.25) is 9.69 Å². The first kappa shape index (κ1) is 26.7. The minimum absolute atomic E-state index is 0.0465. The molecule has 0 spiro atoms. The van der Waals surface area contributed by atoms with Crippen molar-refractivity contribution in [1.82, 2.24) is 24.7 Å². The quantitative estimate of drug-likeness (QED) is 0.574. The van der Waals surface area contributed by atoms with E-state index in [1.807, 2.05) is 23.2 Å². The summed E-state index contributed by atoms with van der Waals surface area (Å²) in [4.78, 5) is 42.6. The molecule has 10 nitrogen and oxygen atoms in total. The maximum Gasteiger partial charge on any atom is 0.321 e. The van der Waals surface area contributed by atoms with Gasteiger partial charge >= 0.3 is 6.03 Å². The number of aromatic nitrogens is 2. The van der Waals surface area contributed by atoms with Crippen molar-refractivity contribution < 1.29 is 14.7 Å². The third-order valence-electron chi connectivity index (χ3n) is 9.24. The number of likely N-dealkylation sites (tertiary alicyclic amines) is 1. The van der Waals surface area contributed by atoms with Gasteiger partial charge in [0.25, 0.3) is 0 Å². The van der Waals surface area contributed by atoms with Gasteiger partial charge in [0.1, 0.15) is 12.9 Å². The Morgan fingerprint density at radius 2 is 1.68 bits per heavy atom. The van der Waals surface area contributed by atoms with Crippen molar-refractivity contribution in [2.24, 2.45) is 5.92 Å². The number of piperazine rings is 1. The number of aliphatic hydroxyl groups is 1. The molecule has 4 heterocycles. The zero-order valence-corrected chi connectivity index (χ0v) is 23.0. The number of urea groups is 1. The lowest BCUT2D eigenvalue weighted by atomic mass is 9.72. The van der Waals surface area contributed by atoms with E-state index in [-0.39, 0.29) is 17.5 Å². The molecule has 1 aliphatic carbocycles. The summed E-state index contributed by atoms with van der Waals surface area (Å²) in [5.74, 6) is 0.131. The highest BCUT2D eigenvalue weighted by Gasteiger charge is 2.45. The molecule has 40 heavy (non-hydrogen) atoms. The standard InChI is InChI=1S/C30H39N7O3/c38-21-28(39)35-15-17-37(18-16-35)30(10-7-23-20-31-22-32-27(23)19-30)24-8-13-36(14-9-24)29(40)33-25-3-5-26(6-4-25)34-11-1-2-12-34/h3-7,19-20,22,24,38H,1-2,8-18,21H2,(H,33,40). The Labute approximate surface area is 235 Å². The van der Waals surface area contributed by atoms with Gasteiger partial charge in [-0.15, -0.1) is 0 Å². The van der Waals surface area contributed by atoms with Gasteiger partial charge < -0.3 is 25.1 Å². The molecule has 1 unspecified atom stereocenters. The van der Waals surface area contributed by atoms with E-state index in [4.69, 9.17) is 0 Å². The number of nitrogens with one attached hydrogen (secondary N) is 1. The van der Waals surface area contributed by atoms with Gasteiger partial charge in [-0.25, -0.2) is 14.8 Å². The van der Waals surface area contributed by atoms with Crippen LogP contribution < -0.4 is 20.8 Å². The summed E-state index contributed by atoms with van der Waals surface area (Å²) in [7, 11) is 0. The molecule has 3 amide bonds. The van der Waals surface area contributed by atoms with Gasteiger partial charge in [-0.05, 0) is 68.4 Å². The van der Waals surface area contributed by atoms with E-state index < -0.39 is 6.61 Å². The van der Waals surface area contributed by atoms with Crippen LogP contribution >= 0.6 is 0 Å². The third kappa shape index (κ3) is 5.30. The monoisotopic (exact) mass is 545 g/mol. The van der Waals surface area contributed by atoms with Crippen LogP contribution in [0.2, 0.25) is 0 Å². The summed E-state index contributed by atoms with van der Waals surface area (Å²) in [5.41, 5.74) is 1.81. The highest BCUT2D eigenvalue weighted by molar-refractivity contribution is 5.89. The Balaban J connectivity index is 1.13. The van der Waals surface area contributed by atoms with Gasteiger partial charge in [0.15, 0.2) is 0 Å². The van der Waals surface area contributed by atoms with E-state index in [0.29, 0.717) is 32.1 Å². The highest BCUT2D eigenvalue weighted by atomic mass is 16.3. The van der Waals surface area contributed by atoms with Crippen LogP contribution in [-0.4, -0.2) is 106 Å². The van der Waals surface area contributed by atoms with Gasteiger partial charge in [0, 0.05) is 80.7 Å². The number of aliphatic hydroxyl groups excluding tert-OH is 1. The summed E-state index contributed by atoms with van der Waals surface area (Å²) in [6, 6.07) is 8.15. The minimum atomic E-state index is -0.446. The lowest BCUT2D eigenvalue weighted by molar-refractivity contribution is -0.136. The van der Waals surface area contributed by atoms with Crippen LogP contribution in [0.5, 0.6) is 0 Å². The Hall–Kier alpha value is -3.50. The third-order valence-corrected chi connectivity index (χ3v) is 9.24. The lowest BCUT2D eigenvalue weighted by Gasteiger charge is -2.52. The molecule has 1 aromatic heterocycles. The van der Waals surface area contributed by atoms with E-state index >= 15 is 0 Å². The van der Waals surface area contributed by atoms with Crippen molar-refractivity contribution in [3.63, 3.8) is 0 Å². The molecule has 10 heteroatoms. The number of nitrogens with zero attached hydrogens (tertiary/aromatic N) is 6. The van der Waals surface area contributed by atoms with E-state index in [0.717, 1.165) is 61.7 Å². The second-order valence-electron chi connectivity index (χ2n) is 11.4. The number of carbonyl (C=O) groups is 2. The predicted octanol–water partition coefficient (Wildman–Crippen LogP) is 0.861. The fourth-order valence-electron chi connectivity index (χ4n) is 6.95. The van der Waals surface area contributed by atoms with Crippen molar-refractivity contribution in [2.45, 2.75) is 37.6 Å². The van der Waals surface area contributed by atoms with Gasteiger partial charge in [-0.1, -0.05) is 6.08 Å². The Kier molecular flexibility index (Phi) is 7.71. The van der Waals surface area contributed by atoms with Crippen LogP contribution in [-0.2, 0) is 4.79 Å². The topological polar surface area (TPSA) is 105 Å². The fraction of sp³-hybridized carbons (Fsp3) is 0.533. The van der Waals surface area contributed by atoms with Crippen LogP contribution in [0.3, 0.4) is 0 Å². The first-order valence-electron chi connectivity index (χ1n) is 14.6. The number of piperidine rings is 1. The summed E-state index contributed by atoms with van der Waals surface area (Å²) in [5, 5.41) is 14.4. The molecule has 0 radical (unpaired) electrons. The maximum absolute atomic E-state index is 13.2. The molecule has 1 atom stereocenters. The summed E-state index contributed by atoms with van der Waals surface area (Å²) in [6.45, 7) is 5.83. The summed E-state index contributed by atoms with van der Waals surface area (Å²) < 4.78 is 0. The van der Waals surface area contributed by atoms with Gasteiger partial charge in [0.05, 0.1) is 5.35 Å². The second-order valence-corrected chi connectivity index (χ2v) is 11.4. The number of benzene rings is 1. The molecule has 6 rings (SSSR count). The number of hydrogen-bond donors (Lipinski definition) is 2. The van der Waals surface area contributed by atoms with E-state index in [2.05, 4.69) is 49.4 Å². The van der Waals surface area contributed by atoms with Gasteiger partial charge in [-0.2, -0.15) is 0 Å². The van der Waals surface area contributed by atoms with Crippen LogP contribution in [0.15, 0.2) is 36.8 Å². The van der Waals surface area contributed by atoms with Crippen LogP contribution in [0.1, 0.15) is 32.1 Å². The maximum atomic E-state index is 13.2. The lowest BCUT2D eigenvalue weighted by Crippen LogP contribution is -2.63. The molecular weight excluding hydrogens is 506 g/mol. The second kappa shape index (κ2) is 11.5. The smallest absolute Gasteiger partial charge is 0.321 e. The number of amides is 3. The van der Waals surface area contributed by atoms with Crippen LogP contribution in [0.25, 0.3) is 12.2 Å². The first-order valence-corrected chi connectivity index (χ1v) is 14.6. The summed E-state index contributed by atoms with van der Waals surface area (Å²) >= 11 is 0. The van der Waals surface area contributed by atoms with Crippen LogP contribution in [0, 0.1) is 5.92 Å². The zero-order chi connectivity index (χ0) is 27.5. The molecule has 0 bridgehead atoms. The zero-order valence-electron chi connectivity index (χ0n) is 23.0. The van der Waals surface area contributed by atoms with E-state index in [1.165, 1.54) is 18.5 Å². The Bertz CT molecular complexity index is 1330. The molecule has 3 aliphatic heterocycles. The molecule has 2 aromatic rings. The molecule has 0 saturated carbocycles. The van der Waals surface area contributed by atoms with Crippen molar-refractivity contribution in [2.75, 3.05) is 69.2 Å². The van der Waals surface area contributed by atoms with Crippen molar-refractivity contribution in [3.8, 4) is 0 Å². The molecule has 3 saturated heterocycles. The van der Waals surface area contributed by atoms with E-state index in [9.17, 15) is 14.7 Å². The highest BCUT2D eigenvalue weighted by Crippen LogP contribution is 2.39. The molecule has 4 aliphatic rings. The average Bonchev–Trinajstić information content (AvgIpc) is 3.56. The van der Waals surface area contributed by atoms with Crippen molar-refractivity contribution in [3.05, 3.63) is 47.4 Å². The van der Waals surface area contributed by atoms with Crippen molar-refractivity contribution in [1.29, 1.82) is 0 Å². The van der Waals surface area contributed by atoms with Gasteiger partial charge in [0.2, 0.25) is 5.91 Å². The number of carbonyl (C=O) groups excluding carboxylic acids is 2. The number of anilines is 2. The first-order chi connectivity index (χ1) is 19.6. The molecule has 212 valence electrons. The predicted molar refractivity (Wildman–Crippen MR) is 154 cm³/mol. The largest absolute Gasteiger partial charge is 0.387 e. The SMILES string of the molecule is O=C(CO)N1CCN(C2(C3CCN(C(=O)Nc4ccc(N5CCCC5)cc4)CC3)C=c3ncncc3=CC2)CC1. The van der Waals surface area contributed by atoms with E-state index in [1.54, 1.807) is 11.2 Å². The minimum Gasteiger partial charge on any atom is -0.387 e. The van der Waals surface area contributed by atoms with Crippen molar-refractivity contribution >= 4 is 35.5 Å². The number of hydrogen-bond acceptors (Lipinski definition) is 7. The Morgan fingerprint density at radius 3 is 2.38 bits per heavy atom. The molecule has 3 fully saturated rings. The fourth-order valence-corrected chi connectivity index (χ4v) is 6.95. The molecule has 1 aromatic carbocycles. The molecule has 2 N–H and O–H groups in total. The Morgan fingerprint density at radius 1 is 0.950 bits per heavy atom. The average molecular weight is 546 g/mol.